The van der Waals surface area contributed by atoms with Gasteiger partial charge >= 0.3 is 0 Å². The number of nitrogen functional groups attached to an aromatic ring is 1. The summed E-state index contributed by atoms with van der Waals surface area (Å²) < 4.78 is 0. The van der Waals surface area contributed by atoms with Gasteiger partial charge in [0.1, 0.15) is 11.3 Å². The Morgan fingerprint density at radius 3 is 2.92 bits per heavy atom. The minimum absolute atomic E-state index is 0.459. The number of nitrogens with zero attached hydrogens (tertiary/aromatic N) is 2. The van der Waals surface area contributed by atoms with Crippen molar-refractivity contribution in [3.8, 4) is 0 Å². The normalized spacial score (nSPS) is 10.2. The highest BCUT2D eigenvalue weighted by Crippen LogP contribution is 2.16. The molecule has 2 aromatic rings. The van der Waals surface area contributed by atoms with Crippen LogP contribution in [-0.2, 0) is 0 Å². The van der Waals surface area contributed by atoms with E-state index in [0.29, 0.717) is 5.82 Å². The van der Waals surface area contributed by atoms with Crippen LogP contribution in [0.15, 0.2) is 31.0 Å². The highest BCUT2D eigenvalue weighted by molar-refractivity contribution is 5.87. The van der Waals surface area contributed by atoms with Crippen LogP contribution >= 0.6 is 0 Å². The molecule has 0 saturated carbocycles. The molecule has 2 rings (SSSR count). The first-order chi connectivity index (χ1) is 6.31. The van der Waals surface area contributed by atoms with Crippen molar-refractivity contribution in [3.63, 3.8) is 0 Å². The molecule has 0 bridgehead atoms. The Balaban J connectivity index is 2.81. The van der Waals surface area contributed by atoms with E-state index in [1.165, 1.54) is 0 Å². The Labute approximate surface area is 75.9 Å². The summed E-state index contributed by atoms with van der Waals surface area (Å²) in [6.07, 6.45) is 3.36. The zero-order valence-electron chi connectivity index (χ0n) is 7.07. The van der Waals surface area contributed by atoms with Crippen LogP contribution in [0.5, 0.6) is 0 Å². The summed E-state index contributed by atoms with van der Waals surface area (Å²) in [5, 5.41) is 0.998. The van der Waals surface area contributed by atoms with Crippen molar-refractivity contribution in [1.82, 2.24) is 9.97 Å². The van der Waals surface area contributed by atoms with Gasteiger partial charge in [0.2, 0.25) is 0 Å². The first-order valence-electron chi connectivity index (χ1n) is 3.95. The summed E-state index contributed by atoms with van der Waals surface area (Å²) >= 11 is 0. The molecule has 2 heterocycles. The molecule has 0 saturated heterocycles. The third kappa shape index (κ3) is 1.24. The van der Waals surface area contributed by atoms with Gasteiger partial charge in [0.25, 0.3) is 0 Å². The molecule has 0 fully saturated rings. The summed E-state index contributed by atoms with van der Waals surface area (Å²) in [6, 6.07) is 5.73. The van der Waals surface area contributed by atoms with Crippen LogP contribution in [0.2, 0.25) is 0 Å². The fourth-order valence-electron chi connectivity index (χ4n) is 1.20. The lowest BCUT2D eigenvalue weighted by Crippen LogP contribution is -1.93. The number of fused-ring (bicyclic) bond motifs is 1. The van der Waals surface area contributed by atoms with Gasteiger partial charge in [-0.05, 0) is 18.2 Å². The van der Waals surface area contributed by atoms with Crippen molar-refractivity contribution in [3.05, 3.63) is 36.7 Å². The van der Waals surface area contributed by atoms with Crippen LogP contribution in [0.3, 0.4) is 0 Å². The fraction of sp³-hybridized carbons (Fsp3) is 0. The number of rotatable bonds is 1. The predicted molar refractivity (Wildman–Crippen MR) is 54.0 cm³/mol. The SMILES string of the molecule is C=Cc1ccc2ccnc(N)c2n1. The van der Waals surface area contributed by atoms with Gasteiger partial charge in [-0.15, -0.1) is 0 Å². The molecule has 13 heavy (non-hydrogen) atoms. The first kappa shape index (κ1) is 7.73. The highest BCUT2D eigenvalue weighted by atomic mass is 14.9. The average Bonchev–Trinajstić information content (AvgIpc) is 2.18. The lowest BCUT2D eigenvalue weighted by atomic mass is 10.2. The van der Waals surface area contributed by atoms with E-state index in [2.05, 4.69) is 16.5 Å². The van der Waals surface area contributed by atoms with Crippen LogP contribution in [0, 0.1) is 0 Å². The van der Waals surface area contributed by atoms with E-state index in [1.54, 1.807) is 12.3 Å². The highest BCUT2D eigenvalue weighted by Gasteiger charge is 1.99. The van der Waals surface area contributed by atoms with Gasteiger partial charge in [-0.3, -0.25) is 0 Å². The monoisotopic (exact) mass is 171 g/mol. The molecule has 2 aromatic heterocycles. The van der Waals surface area contributed by atoms with E-state index in [9.17, 15) is 0 Å². The molecule has 0 unspecified atom stereocenters. The zero-order chi connectivity index (χ0) is 9.26. The third-order valence-electron chi connectivity index (χ3n) is 1.87. The maximum absolute atomic E-state index is 5.67. The van der Waals surface area contributed by atoms with E-state index in [1.807, 2.05) is 18.2 Å². The summed E-state index contributed by atoms with van der Waals surface area (Å²) in [5.74, 6) is 0.459. The van der Waals surface area contributed by atoms with Gasteiger partial charge in [-0.25, -0.2) is 9.97 Å². The Bertz CT molecular complexity index is 463. The van der Waals surface area contributed by atoms with Gasteiger partial charge in [-0.1, -0.05) is 12.6 Å². The van der Waals surface area contributed by atoms with E-state index in [4.69, 9.17) is 5.73 Å². The van der Waals surface area contributed by atoms with E-state index < -0.39 is 0 Å². The molecule has 0 aromatic carbocycles. The van der Waals surface area contributed by atoms with Gasteiger partial charge < -0.3 is 5.73 Å². The minimum atomic E-state index is 0.459. The summed E-state index contributed by atoms with van der Waals surface area (Å²) in [6.45, 7) is 3.64. The summed E-state index contributed by atoms with van der Waals surface area (Å²) in [5.41, 5.74) is 7.22. The van der Waals surface area contributed by atoms with Crippen LogP contribution in [-0.4, -0.2) is 9.97 Å². The molecule has 0 aliphatic heterocycles. The molecule has 0 spiro atoms. The van der Waals surface area contributed by atoms with Crippen molar-refractivity contribution in [2.45, 2.75) is 0 Å². The number of aromatic nitrogens is 2. The molecule has 0 aliphatic carbocycles. The Morgan fingerprint density at radius 2 is 2.15 bits per heavy atom. The second-order valence-corrected chi connectivity index (χ2v) is 2.71. The minimum Gasteiger partial charge on any atom is -0.382 e. The topological polar surface area (TPSA) is 51.8 Å². The molecule has 0 amide bonds. The predicted octanol–water partition coefficient (Wildman–Crippen LogP) is 1.85. The number of hydrogen-bond donors (Lipinski definition) is 1. The van der Waals surface area contributed by atoms with Gasteiger partial charge in [0.05, 0.1) is 5.69 Å². The molecule has 3 heteroatoms. The Morgan fingerprint density at radius 1 is 1.31 bits per heavy atom. The van der Waals surface area contributed by atoms with E-state index in [-0.39, 0.29) is 0 Å². The van der Waals surface area contributed by atoms with Crippen LogP contribution in [0.1, 0.15) is 5.69 Å². The summed E-state index contributed by atoms with van der Waals surface area (Å²) in [4.78, 5) is 8.25. The second-order valence-electron chi connectivity index (χ2n) is 2.71. The Kier molecular flexibility index (Phi) is 1.70. The van der Waals surface area contributed by atoms with Crippen LogP contribution < -0.4 is 5.73 Å². The fourth-order valence-corrected chi connectivity index (χ4v) is 1.20. The molecule has 2 N–H and O–H groups in total. The van der Waals surface area contributed by atoms with E-state index in [0.717, 1.165) is 16.6 Å². The van der Waals surface area contributed by atoms with E-state index >= 15 is 0 Å². The van der Waals surface area contributed by atoms with Gasteiger partial charge in [-0.2, -0.15) is 0 Å². The standard InChI is InChI=1S/C10H9N3/c1-2-8-4-3-7-5-6-12-10(11)9(7)13-8/h2-6H,1H2,(H2,11,12). The molecular formula is C10H9N3. The third-order valence-corrected chi connectivity index (χ3v) is 1.87. The van der Waals surface area contributed by atoms with Gasteiger partial charge in [0.15, 0.2) is 0 Å². The van der Waals surface area contributed by atoms with Crippen molar-refractivity contribution >= 4 is 22.8 Å². The first-order valence-corrected chi connectivity index (χ1v) is 3.95. The van der Waals surface area contributed by atoms with Crippen molar-refractivity contribution < 1.29 is 0 Å². The largest absolute Gasteiger partial charge is 0.382 e. The second kappa shape index (κ2) is 2.86. The quantitative estimate of drug-likeness (QED) is 0.712. The van der Waals surface area contributed by atoms with Crippen molar-refractivity contribution in [2.75, 3.05) is 5.73 Å². The zero-order valence-corrected chi connectivity index (χ0v) is 7.07. The number of hydrogen-bond acceptors (Lipinski definition) is 3. The molecule has 0 radical (unpaired) electrons. The van der Waals surface area contributed by atoms with Crippen molar-refractivity contribution in [1.29, 1.82) is 0 Å². The molecule has 0 aliphatic rings. The Hall–Kier alpha value is -1.90. The maximum atomic E-state index is 5.67. The average molecular weight is 171 g/mol. The summed E-state index contributed by atoms with van der Waals surface area (Å²) in [7, 11) is 0. The number of nitrogens with two attached hydrogens (primary N) is 1. The molecule has 64 valence electrons. The van der Waals surface area contributed by atoms with Crippen LogP contribution in [0.4, 0.5) is 5.82 Å². The number of anilines is 1. The van der Waals surface area contributed by atoms with Gasteiger partial charge in [0, 0.05) is 11.6 Å². The van der Waals surface area contributed by atoms with Crippen LogP contribution in [0.25, 0.3) is 17.0 Å². The lowest BCUT2D eigenvalue weighted by molar-refractivity contribution is 1.30. The smallest absolute Gasteiger partial charge is 0.149 e. The maximum Gasteiger partial charge on any atom is 0.149 e. The van der Waals surface area contributed by atoms with Crippen molar-refractivity contribution in [2.24, 2.45) is 0 Å². The lowest BCUT2D eigenvalue weighted by Gasteiger charge is -2.00. The molecule has 3 nitrogen and oxygen atoms in total. The molecule has 0 atom stereocenters. The number of pyridine rings is 2. The molecular weight excluding hydrogens is 162 g/mol.